The van der Waals surface area contributed by atoms with Gasteiger partial charge in [0.25, 0.3) is 5.56 Å². The van der Waals surface area contributed by atoms with Gasteiger partial charge in [-0.15, -0.1) is 0 Å². The average Bonchev–Trinajstić information content (AvgIpc) is 2.60. The van der Waals surface area contributed by atoms with E-state index in [1.54, 1.807) is 0 Å². The van der Waals surface area contributed by atoms with Crippen molar-refractivity contribution in [1.82, 2.24) is 9.13 Å². The van der Waals surface area contributed by atoms with Crippen LogP contribution in [0.5, 0.6) is 0 Å². The van der Waals surface area contributed by atoms with Gasteiger partial charge in [0, 0.05) is 32.1 Å². The number of halogens is 6. The summed E-state index contributed by atoms with van der Waals surface area (Å²) in [5, 5.41) is 1.89. The van der Waals surface area contributed by atoms with Gasteiger partial charge in [0.2, 0.25) is 5.91 Å². The van der Waals surface area contributed by atoms with Crippen LogP contribution in [0.4, 0.5) is 32.0 Å². The van der Waals surface area contributed by atoms with E-state index in [1.807, 2.05) is 5.32 Å². The monoisotopic (exact) mass is 421 g/mol. The highest BCUT2D eigenvalue weighted by atomic mass is 19.4. The highest BCUT2D eigenvalue weighted by molar-refractivity contribution is 6.02. The molecule has 1 N–H and O–H groups in total. The van der Waals surface area contributed by atoms with Gasteiger partial charge in [0.15, 0.2) is 0 Å². The lowest BCUT2D eigenvalue weighted by Crippen LogP contribution is -2.37. The predicted molar refractivity (Wildman–Crippen MR) is 91.0 cm³/mol. The maximum atomic E-state index is 12.8. The Morgan fingerprint density at radius 1 is 0.966 bits per heavy atom. The summed E-state index contributed by atoms with van der Waals surface area (Å²) in [6.07, 6.45) is -7.26. The third kappa shape index (κ3) is 5.15. The summed E-state index contributed by atoms with van der Waals surface area (Å²) in [5.41, 5.74) is -5.35. The molecule has 29 heavy (non-hydrogen) atoms. The number of benzene rings is 1. The van der Waals surface area contributed by atoms with Crippen LogP contribution in [-0.4, -0.2) is 15.0 Å². The molecule has 2 aromatic rings. The Labute approximate surface area is 158 Å². The molecule has 1 aromatic carbocycles. The van der Waals surface area contributed by atoms with Crippen molar-refractivity contribution in [2.24, 2.45) is 14.1 Å². The Balaban J connectivity index is 2.35. The highest BCUT2D eigenvalue weighted by Gasteiger charge is 2.37. The fourth-order valence-electron chi connectivity index (χ4n) is 2.33. The number of rotatable bonds is 3. The molecule has 0 unspecified atom stereocenters. The second-order valence-corrected chi connectivity index (χ2v) is 5.96. The number of aromatic nitrogens is 2. The van der Waals surface area contributed by atoms with Gasteiger partial charge in [-0.1, -0.05) is 0 Å². The van der Waals surface area contributed by atoms with Crippen molar-refractivity contribution in [3.05, 3.63) is 68.0 Å². The van der Waals surface area contributed by atoms with Gasteiger partial charge in [-0.2, -0.15) is 26.3 Å². The van der Waals surface area contributed by atoms with Crippen LogP contribution < -0.4 is 16.6 Å². The predicted octanol–water partition coefficient (Wildman–Crippen LogP) is 2.77. The van der Waals surface area contributed by atoms with Gasteiger partial charge in [-0.25, -0.2) is 4.79 Å². The molecule has 0 radical (unpaired) electrons. The second kappa shape index (κ2) is 7.60. The Hall–Kier alpha value is -3.31. The van der Waals surface area contributed by atoms with Crippen LogP contribution >= 0.6 is 0 Å². The van der Waals surface area contributed by atoms with Crippen LogP contribution in [0, 0.1) is 0 Å². The van der Waals surface area contributed by atoms with Crippen LogP contribution in [-0.2, 0) is 31.2 Å². The summed E-state index contributed by atoms with van der Waals surface area (Å²) in [6.45, 7) is 0. The molecule has 0 aliphatic heterocycles. The molecule has 0 spiro atoms. The van der Waals surface area contributed by atoms with Crippen molar-refractivity contribution in [2.45, 2.75) is 12.4 Å². The number of hydrogen-bond acceptors (Lipinski definition) is 3. The lowest BCUT2D eigenvalue weighted by atomic mass is 10.1. The molecule has 0 saturated carbocycles. The molecule has 0 bridgehead atoms. The molecule has 1 amide bonds. The Morgan fingerprint density at radius 3 is 1.97 bits per heavy atom. The zero-order chi connectivity index (χ0) is 22.1. The van der Waals surface area contributed by atoms with Gasteiger partial charge in [-0.3, -0.25) is 14.2 Å². The van der Waals surface area contributed by atoms with E-state index in [4.69, 9.17) is 0 Å². The fourth-order valence-corrected chi connectivity index (χ4v) is 2.33. The standard InChI is InChI=1S/C17H13F6N3O3/c1-25-8-9(14(28)26(2)15(25)29)3-4-13(27)24-12-6-10(16(18,19)20)5-11(7-12)17(21,22)23/h3-8H,1-2H3,(H,24,27)/b4-3+. The molecule has 1 heterocycles. The minimum atomic E-state index is -5.06. The number of nitrogens with one attached hydrogen (secondary N) is 1. The lowest BCUT2D eigenvalue weighted by Gasteiger charge is -2.14. The summed E-state index contributed by atoms with van der Waals surface area (Å²) >= 11 is 0. The summed E-state index contributed by atoms with van der Waals surface area (Å²) in [4.78, 5) is 35.4. The van der Waals surface area contributed by atoms with Crippen LogP contribution in [0.3, 0.4) is 0 Å². The van der Waals surface area contributed by atoms with Crippen molar-refractivity contribution >= 4 is 17.7 Å². The summed E-state index contributed by atoms with van der Waals surface area (Å²) < 4.78 is 78.8. The Morgan fingerprint density at radius 2 is 1.48 bits per heavy atom. The molecule has 0 aliphatic carbocycles. The normalized spacial score (nSPS) is 12.4. The van der Waals surface area contributed by atoms with Crippen LogP contribution in [0.25, 0.3) is 6.08 Å². The molecule has 1 aromatic heterocycles. The fraction of sp³-hybridized carbons (Fsp3) is 0.235. The summed E-state index contributed by atoms with van der Waals surface area (Å²) in [5.74, 6) is -1.08. The highest BCUT2D eigenvalue weighted by Crippen LogP contribution is 2.37. The third-order valence-corrected chi connectivity index (χ3v) is 3.74. The van der Waals surface area contributed by atoms with E-state index in [2.05, 4.69) is 0 Å². The van der Waals surface area contributed by atoms with Gasteiger partial charge in [0.05, 0.1) is 16.7 Å². The van der Waals surface area contributed by atoms with E-state index in [1.165, 1.54) is 14.1 Å². The lowest BCUT2D eigenvalue weighted by molar-refractivity contribution is -0.143. The first kappa shape index (κ1) is 22.0. The quantitative estimate of drug-likeness (QED) is 0.612. The molecule has 156 valence electrons. The maximum Gasteiger partial charge on any atom is 0.416 e. The Bertz CT molecular complexity index is 1060. The largest absolute Gasteiger partial charge is 0.416 e. The van der Waals surface area contributed by atoms with Crippen molar-refractivity contribution in [1.29, 1.82) is 0 Å². The van der Waals surface area contributed by atoms with E-state index in [-0.39, 0.29) is 11.6 Å². The van der Waals surface area contributed by atoms with E-state index in [0.29, 0.717) is 12.1 Å². The number of nitrogens with zero attached hydrogens (tertiary/aromatic N) is 2. The first-order valence-corrected chi connectivity index (χ1v) is 7.75. The molecule has 6 nitrogen and oxygen atoms in total. The number of carbonyl (C=O) groups is 1. The van der Waals surface area contributed by atoms with E-state index >= 15 is 0 Å². The van der Waals surface area contributed by atoms with Crippen molar-refractivity contribution in [3.8, 4) is 0 Å². The second-order valence-electron chi connectivity index (χ2n) is 5.96. The smallest absolute Gasteiger partial charge is 0.322 e. The maximum absolute atomic E-state index is 12.8. The minimum absolute atomic E-state index is 0.0698. The Kier molecular flexibility index (Phi) is 5.76. The number of hydrogen-bond donors (Lipinski definition) is 1. The molecular formula is C17H13F6N3O3. The molecule has 0 fully saturated rings. The molecule has 12 heteroatoms. The molecule has 2 rings (SSSR count). The summed E-state index contributed by atoms with van der Waals surface area (Å²) in [7, 11) is 2.55. The third-order valence-electron chi connectivity index (χ3n) is 3.74. The number of alkyl halides is 6. The van der Waals surface area contributed by atoms with Gasteiger partial charge in [0.1, 0.15) is 0 Å². The van der Waals surface area contributed by atoms with Gasteiger partial charge < -0.3 is 9.88 Å². The van der Waals surface area contributed by atoms with Crippen LogP contribution in [0.15, 0.2) is 40.1 Å². The number of aryl methyl sites for hydroxylation is 1. The zero-order valence-corrected chi connectivity index (χ0v) is 14.9. The summed E-state index contributed by atoms with van der Waals surface area (Å²) in [6, 6.07) is 0.637. The topological polar surface area (TPSA) is 73.1 Å². The molecular weight excluding hydrogens is 408 g/mol. The van der Waals surface area contributed by atoms with E-state index in [9.17, 15) is 40.7 Å². The minimum Gasteiger partial charge on any atom is -0.322 e. The first-order valence-electron chi connectivity index (χ1n) is 7.75. The van der Waals surface area contributed by atoms with Gasteiger partial charge >= 0.3 is 18.0 Å². The van der Waals surface area contributed by atoms with E-state index in [0.717, 1.165) is 27.5 Å². The zero-order valence-electron chi connectivity index (χ0n) is 14.9. The number of amides is 1. The van der Waals surface area contributed by atoms with Crippen molar-refractivity contribution < 1.29 is 31.1 Å². The number of carbonyl (C=O) groups excluding carboxylic acids is 1. The molecule has 0 aliphatic rings. The van der Waals surface area contributed by atoms with Crippen LogP contribution in [0.1, 0.15) is 16.7 Å². The van der Waals surface area contributed by atoms with Crippen molar-refractivity contribution in [3.63, 3.8) is 0 Å². The van der Waals surface area contributed by atoms with Crippen molar-refractivity contribution in [2.75, 3.05) is 5.32 Å². The van der Waals surface area contributed by atoms with E-state index < -0.39 is 46.3 Å². The molecule has 0 atom stereocenters. The molecule has 0 saturated heterocycles. The first-order chi connectivity index (χ1) is 13.2. The number of anilines is 1. The van der Waals surface area contributed by atoms with Gasteiger partial charge in [-0.05, 0) is 24.3 Å². The van der Waals surface area contributed by atoms with Crippen LogP contribution in [0.2, 0.25) is 0 Å². The SMILES string of the molecule is Cn1cc(/C=C/C(=O)Nc2cc(C(F)(F)F)cc(C(F)(F)F)c2)c(=O)n(C)c1=O. The average molecular weight is 421 g/mol.